The number of carbonyl (C=O) groups is 1. The quantitative estimate of drug-likeness (QED) is 0.578. The number of thioether (sulfide) groups is 1. The maximum Gasteiger partial charge on any atom is 0.277 e. The van der Waals surface area contributed by atoms with Crippen molar-refractivity contribution in [2.75, 3.05) is 0 Å². The first-order valence-corrected chi connectivity index (χ1v) is 9.89. The molecule has 0 aliphatic heterocycles. The van der Waals surface area contributed by atoms with Gasteiger partial charge in [0.2, 0.25) is 5.91 Å². The van der Waals surface area contributed by atoms with Crippen LogP contribution in [-0.4, -0.2) is 21.4 Å². The van der Waals surface area contributed by atoms with Crippen LogP contribution < -0.4 is 10.1 Å². The predicted octanol–water partition coefficient (Wildman–Crippen LogP) is 4.06. The van der Waals surface area contributed by atoms with Crippen molar-refractivity contribution in [1.82, 2.24) is 15.5 Å². The Labute approximate surface area is 168 Å². The van der Waals surface area contributed by atoms with Gasteiger partial charge in [0, 0.05) is 6.54 Å². The van der Waals surface area contributed by atoms with Crippen molar-refractivity contribution >= 4 is 17.7 Å². The van der Waals surface area contributed by atoms with E-state index in [4.69, 9.17) is 9.15 Å². The van der Waals surface area contributed by atoms with Gasteiger partial charge in [0.15, 0.2) is 6.61 Å². The largest absolute Gasteiger partial charge is 0.484 e. The number of nitrogens with zero attached hydrogens (tertiary/aromatic N) is 2. The summed E-state index contributed by atoms with van der Waals surface area (Å²) in [7, 11) is 0. The second-order valence-electron chi connectivity index (χ2n) is 6.53. The molecule has 0 radical (unpaired) electrons. The molecule has 0 aliphatic carbocycles. The first-order chi connectivity index (χ1) is 13.5. The van der Waals surface area contributed by atoms with Crippen molar-refractivity contribution in [2.45, 2.75) is 44.4 Å². The molecule has 0 bridgehead atoms. The molecule has 1 amide bonds. The third kappa shape index (κ3) is 5.85. The summed E-state index contributed by atoms with van der Waals surface area (Å²) in [5.41, 5.74) is 3.37. The van der Waals surface area contributed by atoms with Crippen molar-refractivity contribution in [2.24, 2.45) is 0 Å². The standard InChI is InChI=1S/C21H23N3O3S/c1-14-7-9-17(10-8-14)12-22-20(25)16(3)28-21-24-23-19(27-21)13-26-18-6-4-5-15(2)11-18/h4-11,16H,12-13H2,1-3H3,(H,22,25)/t16-/m0/s1. The first-order valence-electron chi connectivity index (χ1n) is 9.01. The Kier molecular flexibility index (Phi) is 6.71. The van der Waals surface area contributed by atoms with Crippen LogP contribution in [0.2, 0.25) is 0 Å². The minimum absolute atomic E-state index is 0.0821. The van der Waals surface area contributed by atoms with Gasteiger partial charge in [0.05, 0.1) is 5.25 Å². The summed E-state index contributed by atoms with van der Waals surface area (Å²) in [5, 5.41) is 10.9. The Morgan fingerprint density at radius 3 is 2.68 bits per heavy atom. The lowest BCUT2D eigenvalue weighted by Gasteiger charge is -2.10. The van der Waals surface area contributed by atoms with E-state index in [9.17, 15) is 4.79 Å². The number of aryl methyl sites for hydroxylation is 2. The molecular formula is C21H23N3O3S. The molecule has 1 heterocycles. The van der Waals surface area contributed by atoms with Gasteiger partial charge in [-0.1, -0.05) is 53.7 Å². The fraction of sp³-hybridized carbons (Fsp3) is 0.286. The Bertz CT molecular complexity index is 925. The molecular weight excluding hydrogens is 374 g/mol. The molecule has 0 aliphatic rings. The van der Waals surface area contributed by atoms with Crippen molar-refractivity contribution in [3.63, 3.8) is 0 Å². The molecule has 1 atom stereocenters. The zero-order chi connectivity index (χ0) is 19.9. The number of ether oxygens (including phenoxy) is 1. The summed E-state index contributed by atoms with van der Waals surface area (Å²) >= 11 is 1.23. The molecule has 0 spiro atoms. The van der Waals surface area contributed by atoms with E-state index in [1.165, 1.54) is 17.3 Å². The molecule has 7 heteroatoms. The number of carbonyl (C=O) groups excluding carboxylic acids is 1. The number of benzene rings is 2. The highest BCUT2D eigenvalue weighted by Gasteiger charge is 2.18. The number of hydrogen-bond acceptors (Lipinski definition) is 6. The minimum atomic E-state index is -0.351. The number of nitrogens with one attached hydrogen (secondary N) is 1. The van der Waals surface area contributed by atoms with Crippen molar-refractivity contribution < 1.29 is 13.9 Å². The summed E-state index contributed by atoms with van der Waals surface area (Å²) in [6.45, 7) is 6.52. The van der Waals surface area contributed by atoms with Crippen molar-refractivity contribution in [3.05, 3.63) is 71.1 Å². The van der Waals surface area contributed by atoms with Gasteiger partial charge in [0.25, 0.3) is 11.1 Å². The van der Waals surface area contributed by atoms with Crippen LogP contribution in [0.15, 0.2) is 58.2 Å². The van der Waals surface area contributed by atoms with Gasteiger partial charge in [-0.2, -0.15) is 0 Å². The molecule has 3 rings (SSSR count). The average molecular weight is 398 g/mol. The van der Waals surface area contributed by atoms with Crippen LogP contribution in [0.5, 0.6) is 5.75 Å². The predicted molar refractivity (Wildman–Crippen MR) is 108 cm³/mol. The van der Waals surface area contributed by atoms with Crippen LogP contribution in [-0.2, 0) is 17.9 Å². The smallest absolute Gasteiger partial charge is 0.277 e. The lowest BCUT2D eigenvalue weighted by Crippen LogP contribution is -2.30. The summed E-state index contributed by atoms with van der Waals surface area (Å²) in [6.07, 6.45) is 0. The highest BCUT2D eigenvalue weighted by molar-refractivity contribution is 8.00. The van der Waals surface area contributed by atoms with Gasteiger partial charge in [-0.05, 0) is 44.0 Å². The molecule has 2 aromatic carbocycles. The minimum Gasteiger partial charge on any atom is -0.484 e. The van der Waals surface area contributed by atoms with Crippen molar-refractivity contribution in [1.29, 1.82) is 0 Å². The molecule has 3 aromatic rings. The fourth-order valence-electron chi connectivity index (χ4n) is 2.44. The van der Waals surface area contributed by atoms with Gasteiger partial charge in [0.1, 0.15) is 5.75 Å². The molecule has 0 unspecified atom stereocenters. The molecule has 1 aromatic heterocycles. The van der Waals surface area contributed by atoms with E-state index < -0.39 is 0 Å². The van der Waals surface area contributed by atoms with Gasteiger partial charge in [-0.3, -0.25) is 4.79 Å². The summed E-state index contributed by atoms with van der Waals surface area (Å²) in [5.74, 6) is 1.04. The molecule has 0 fully saturated rings. The second kappa shape index (κ2) is 9.41. The Balaban J connectivity index is 1.46. The number of rotatable bonds is 8. The SMILES string of the molecule is Cc1ccc(CNC(=O)[C@H](C)Sc2nnc(COc3cccc(C)c3)o2)cc1. The van der Waals surface area contributed by atoms with E-state index in [2.05, 4.69) is 15.5 Å². The number of aromatic nitrogens is 2. The van der Waals surface area contributed by atoms with Crippen LogP contribution in [0.3, 0.4) is 0 Å². The van der Waals surface area contributed by atoms with Crippen LogP contribution in [0.1, 0.15) is 29.5 Å². The maximum atomic E-state index is 12.3. The third-order valence-corrected chi connectivity index (χ3v) is 4.97. The number of hydrogen-bond donors (Lipinski definition) is 1. The Morgan fingerprint density at radius 1 is 1.14 bits per heavy atom. The monoisotopic (exact) mass is 397 g/mol. The van der Waals surface area contributed by atoms with Gasteiger partial charge in [-0.25, -0.2) is 0 Å². The zero-order valence-electron chi connectivity index (χ0n) is 16.1. The highest BCUT2D eigenvalue weighted by Crippen LogP contribution is 2.22. The first kappa shape index (κ1) is 19.9. The molecule has 28 heavy (non-hydrogen) atoms. The zero-order valence-corrected chi connectivity index (χ0v) is 17.0. The second-order valence-corrected chi connectivity index (χ2v) is 7.82. The third-order valence-electron chi connectivity index (χ3n) is 4.03. The average Bonchev–Trinajstić information content (AvgIpc) is 3.13. The van der Waals surface area contributed by atoms with E-state index in [-0.39, 0.29) is 17.8 Å². The molecule has 146 valence electrons. The Hall–Kier alpha value is -2.80. The Morgan fingerprint density at radius 2 is 1.93 bits per heavy atom. The highest BCUT2D eigenvalue weighted by atomic mass is 32.2. The normalized spacial score (nSPS) is 11.8. The van der Waals surface area contributed by atoms with E-state index in [1.807, 2.05) is 69.3 Å². The summed E-state index contributed by atoms with van der Waals surface area (Å²) in [4.78, 5) is 12.3. The molecule has 0 saturated heterocycles. The van der Waals surface area contributed by atoms with E-state index >= 15 is 0 Å². The van der Waals surface area contributed by atoms with Crippen LogP contribution in [0.4, 0.5) is 0 Å². The van der Waals surface area contributed by atoms with Gasteiger partial charge < -0.3 is 14.5 Å². The summed E-state index contributed by atoms with van der Waals surface area (Å²) < 4.78 is 11.2. The van der Waals surface area contributed by atoms with Gasteiger partial charge in [-0.15, -0.1) is 10.2 Å². The molecule has 6 nitrogen and oxygen atoms in total. The van der Waals surface area contributed by atoms with Crippen LogP contribution in [0, 0.1) is 13.8 Å². The van der Waals surface area contributed by atoms with Crippen molar-refractivity contribution in [3.8, 4) is 5.75 Å². The summed E-state index contributed by atoms with van der Waals surface area (Å²) in [6, 6.07) is 15.8. The lowest BCUT2D eigenvalue weighted by molar-refractivity contribution is -0.120. The maximum absolute atomic E-state index is 12.3. The van der Waals surface area contributed by atoms with Crippen LogP contribution in [0.25, 0.3) is 0 Å². The van der Waals surface area contributed by atoms with E-state index in [1.54, 1.807) is 0 Å². The fourth-order valence-corrected chi connectivity index (χ4v) is 3.16. The molecule has 1 N–H and O–H groups in total. The number of amides is 1. The van der Waals surface area contributed by atoms with Crippen LogP contribution >= 0.6 is 11.8 Å². The topological polar surface area (TPSA) is 77.2 Å². The lowest BCUT2D eigenvalue weighted by atomic mass is 10.1. The van der Waals surface area contributed by atoms with Gasteiger partial charge >= 0.3 is 0 Å². The molecule has 0 saturated carbocycles. The van der Waals surface area contributed by atoms with E-state index in [0.29, 0.717) is 17.7 Å². The van der Waals surface area contributed by atoms with E-state index in [0.717, 1.165) is 16.9 Å².